The summed E-state index contributed by atoms with van der Waals surface area (Å²) in [5.74, 6) is -0.0569. The lowest BCUT2D eigenvalue weighted by Crippen LogP contribution is -2.50. The predicted molar refractivity (Wildman–Crippen MR) is 107 cm³/mol. The zero-order valence-electron chi connectivity index (χ0n) is 17.4. The third kappa shape index (κ3) is 3.59. The maximum atomic E-state index is 12.2. The molecule has 1 spiro atoms. The minimum Gasteiger partial charge on any atom is -0.367 e. The largest absolute Gasteiger partial charge is 0.367 e. The fourth-order valence-electron chi connectivity index (χ4n) is 4.79. The molecule has 29 heavy (non-hydrogen) atoms. The van der Waals surface area contributed by atoms with Crippen LogP contribution in [-0.2, 0) is 37.4 Å². The van der Waals surface area contributed by atoms with Gasteiger partial charge in [0, 0.05) is 46.0 Å². The summed E-state index contributed by atoms with van der Waals surface area (Å²) in [4.78, 5) is 16.3. The summed E-state index contributed by atoms with van der Waals surface area (Å²) in [5, 5.41) is 9.37. The van der Waals surface area contributed by atoms with Crippen LogP contribution in [0.4, 0.5) is 0 Å². The van der Waals surface area contributed by atoms with Crippen molar-refractivity contribution in [2.75, 3.05) is 27.2 Å². The first-order chi connectivity index (χ1) is 14.0. The van der Waals surface area contributed by atoms with E-state index < -0.39 is 0 Å². The first-order valence-electron chi connectivity index (χ1n) is 10.7. The van der Waals surface area contributed by atoms with E-state index in [0.29, 0.717) is 12.3 Å². The second-order valence-corrected chi connectivity index (χ2v) is 8.93. The molecule has 8 nitrogen and oxygen atoms in total. The highest BCUT2D eigenvalue weighted by Gasteiger charge is 2.40. The van der Waals surface area contributed by atoms with Crippen molar-refractivity contribution in [1.29, 1.82) is 0 Å². The molecule has 1 amide bonds. The number of amides is 1. The number of fused-ring (bicyclic) bond motifs is 2. The fourth-order valence-corrected chi connectivity index (χ4v) is 4.79. The number of piperidine rings is 1. The molecule has 0 bridgehead atoms. The summed E-state index contributed by atoms with van der Waals surface area (Å²) < 4.78 is 10.5. The summed E-state index contributed by atoms with van der Waals surface area (Å²) in [6.45, 7) is 5.25. The highest BCUT2D eigenvalue weighted by molar-refractivity contribution is 5.92. The number of ether oxygens (including phenoxy) is 1. The number of likely N-dealkylation sites (tertiary alicyclic amines) is 1. The van der Waals surface area contributed by atoms with Gasteiger partial charge in [0.15, 0.2) is 5.69 Å². The first kappa shape index (κ1) is 18.8. The minimum atomic E-state index is -0.165. The zero-order valence-corrected chi connectivity index (χ0v) is 17.4. The zero-order chi connectivity index (χ0) is 20.0. The molecule has 8 heteroatoms. The predicted octanol–water partition coefficient (Wildman–Crippen LogP) is 1.68. The van der Waals surface area contributed by atoms with E-state index in [0.717, 1.165) is 57.7 Å². The van der Waals surface area contributed by atoms with E-state index in [2.05, 4.69) is 20.7 Å². The SMILES string of the molecule is CN(C)C(=O)c1cc2n(n1)CC1(CCN(Cc3cc4n(n3)CCCC4)CC1)OC2. The topological polar surface area (TPSA) is 68.4 Å². The van der Waals surface area contributed by atoms with Crippen molar-refractivity contribution >= 4 is 5.91 Å². The Morgan fingerprint density at radius 3 is 2.69 bits per heavy atom. The van der Waals surface area contributed by atoms with E-state index in [9.17, 15) is 4.79 Å². The second kappa shape index (κ2) is 7.25. The molecule has 3 aliphatic heterocycles. The molecule has 0 N–H and O–H groups in total. The molecule has 0 saturated carbocycles. The number of carbonyl (C=O) groups excluding carboxylic acids is 1. The number of nitrogens with zero attached hydrogens (tertiary/aromatic N) is 6. The van der Waals surface area contributed by atoms with Crippen LogP contribution >= 0.6 is 0 Å². The molecule has 5 heterocycles. The van der Waals surface area contributed by atoms with Crippen molar-refractivity contribution in [2.45, 2.75) is 63.9 Å². The maximum absolute atomic E-state index is 12.2. The second-order valence-electron chi connectivity index (χ2n) is 8.93. The van der Waals surface area contributed by atoms with Crippen molar-refractivity contribution < 1.29 is 9.53 Å². The van der Waals surface area contributed by atoms with E-state index >= 15 is 0 Å². The molecule has 5 rings (SSSR count). The van der Waals surface area contributed by atoms with Gasteiger partial charge < -0.3 is 9.64 Å². The lowest BCUT2D eigenvalue weighted by Gasteiger charge is -2.43. The van der Waals surface area contributed by atoms with Gasteiger partial charge in [-0.25, -0.2) is 0 Å². The van der Waals surface area contributed by atoms with Gasteiger partial charge in [-0.05, 0) is 44.2 Å². The third-order valence-electron chi connectivity index (χ3n) is 6.57. The number of hydrogen-bond acceptors (Lipinski definition) is 5. The van der Waals surface area contributed by atoms with E-state index in [1.807, 2.05) is 10.7 Å². The molecule has 0 unspecified atom stereocenters. The van der Waals surface area contributed by atoms with Gasteiger partial charge >= 0.3 is 0 Å². The molecular formula is C21H30N6O2. The highest BCUT2D eigenvalue weighted by atomic mass is 16.5. The number of aryl methyl sites for hydroxylation is 2. The van der Waals surface area contributed by atoms with Gasteiger partial charge in [0.1, 0.15) is 0 Å². The van der Waals surface area contributed by atoms with Gasteiger partial charge in [-0.1, -0.05) is 0 Å². The highest BCUT2D eigenvalue weighted by Crippen LogP contribution is 2.33. The minimum absolute atomic E-state index is 0.0569. The molecular weight excluding hydrogens is 368 g/mol. The number of hydrogen-bond donors (Lipinski definition) is 0. The lowest BCUT2D eigenvalue weighted by atomic mass is 9.90. The van der Waals surface area contributed by atoms with Crippen LogP contribution in [0.3, 0.4) is 0 Å². The Balaban J connectivity index is 1.21. The molecule has 3 aliphatic rings. The number of rotatable bonds is 3. The Bertz CT molecular complexity index is 883. The van der Waals surface area contributed by atoms with Gasteiger partial charge in [0.25, 0.3) is 5.91 Å². The van der Waals surface area contributed by atoms with Crippen molar-refractivity contribution in [2.24, 2.45) is 0 Å². The van der Waals surface area contributed by atoms with Gasteiger partial charge in [-0.15, -0.1) is 0 Å². The quantitative estimate of drug-likeness (QED) is 0.787. The smallest absolute Gasteiger partial charge is 0.273 e. The van der Waals surface area contributed by atoms with E-state index in [1.165, 1.54) is 24.2 Å². The van der Waals surface area contributed by atoms with E-state index in [-0.39, 0.29) is 11.5 Å². The Kier molecular flexibility index (Phi) is 4.70. The van der Waals surface area contributed by atoms with Crippen LogP contribution in [0.5, 0.6) is 0 Å². The van der Waals surface area contributed by atoms with Crippen LogP contribution in [0.15, 0.2) is 12.1 Å². The molecule has 0 atom stereocenters. The van der Waals surface area contributed by atoms with Crippen LogP contribution in [0.25, 0.3) is 0 Å². The normalized spacial score (nSPS) is 21.0. The van der Waals surface area contributed by atoms with Crippen molar-refractivity contribution in [3.8, 4) is 0 Å². The van der Waals surface area contributed by atoms with Gasteiger partial charge in [0.05, 0.1) is 30.1 Å². The van der Waals surface area contributed by atoms with Crippen molar-refractivity contribution in [1.82, 2.24) is 29.4 Å². The van der Waals surface area contributed by atoms with Gasteiger partial charge in [0.2, 0.25) is 0 Å². The molecule has 1 saturated heterocycles. The number of aromatic nitrogens is 4. The third-order valence-corrected chi connectivity index (χ3v) is 6.57. The van der Waals surface area contributed by atoms with Crippen molar-refractivity contribution in [3.63, 3.8) is 0 Å². The standard InChI is InChI=1S/C21H30N6O2/c1-24(2)20(28)19-12-18-14-29-21(15-27(18)23-19)6-9-25(10-7-21)13-16-11-17-5-3-4-8-26(17)22-16/h11-12H,3-10,13-15H2,1-2H3. The average Bonchev–Trinajstić information content (AvgIpc) is 3.32. The molecule has 156 valence electrons. The van der Waals surface area contributed by atoms with Crippen molar-refractivity contribution in [3.05, 3.63) is 34.9 Å². The van der Waals surface area contributed by atoms with Crippen LogP contribution in [0, 0.1) is 0 Å². The maximum Gasteiger partial charge on any atom is 0.273 e. The number of carbonyl (C=O) groups is 1. The summed E-state index contributed by atoms with van der Waals surface area (Å²) >= 11 is 0. The van der Waals surface area contributed by atoms with Crippen LogP contribution < -0.4 is 0 Å². The Morgan fingerprint density at radius 1 is 1.10 bits per heavy atom. The van der Waals surface area contributed by atoms with E-state index in [1.54, 1.807) is 19.0 Å². The summed E-state index contributed by atoms with van der Waals surface area (Å²) in [6, 6.07) is 4.16. The molecule has 0 aromatic carbocycles. The van der Waals surface area contributed by atoms with Crippen LogP contribution in [0.2, 0.25) is 0 Å². The van der Waals surface area contributed by atoms with E-state index in [4.69, 9.17) is 9.84 Å². The first-order valence-corrected chi connectivity index (χ1v) is 10.7. The average molecular weight is 399 g/mol. The summed E-state index contributed by atoms with van der Waals surface area (Å²) in [5.41, 5.74) is 3.92. The molecule has 2 aromatic heterocycles. The fraction of sp³-hybridized carbons (Fsp3) is 0.667. The van der Waals surface area contributed by atoms with Gasteiger partial charge in [-0.3, -0.25) is 19.1 Å². The monoisotopic (exact) mass is 398 g/mol. The summed E-state index contributed by atoms with van der Waals surface area (Å²) in [7, 11) is 3.51. The molecule has 0 aliphatic carbocycles. The van der Waals surface area contributed by atoms with Gasteiger partial charge in [-0.2, -0.15) is 10.2 Å². The van der Waals surface area contributed by atoms with Crippen LogP contribution in [0.1, 0.15) is 53.3 Å². The Morgan fingerprint density at radius 2 is 1.93 bits per heavy atom. The Hall–Kier alpha value is -2.19. The molecule has 2 aromatic rings. The summed E-state index contributed by atoms with van der Waals surface area (Å²) in [6.07, 6.45) is 5.66. The van der Waals surface area contributed by atoms with Crippen LogP contribution in [-0.4, -0.2) is 68.1 Å². The molecule has 1 fully saturated rings. The lowest BCUT2D eigenvalue weighted by molar-refractivity contribution is -0.124. The molecule has 0 radical (unpaired) electrons. The Labute approximate surface area is 171 Å².